The molecule has 0 fully saturated rings. The summed E-state index contributed by atoms with van der Waals surface area (Å²) < 4.78 is 0. The lowest BCUT2D eigenvalue weighted by atomic mass is 10.2. The van der Waals surface area contributed by atoms with Gasteiger partial charge >= 0.3 is 0 Å². The molecule has 0 saturated heterocycles. The molecule has 12 heavy (non-hydrogen) atoms. The Kier molecular flexibility index (Phi) is 2.71. The van der Waals surface area contributed by atoms with Gasteiger partial charge in [0.25, 0.3) is 0 Å². The lowest BCUT2D eigenvalue weighted by Gasteiger charge is -2.14. The van der Waals surface area contributed by atoms with Gasteiger partial charge in [-0.25, -0.2) is 4.98 Å². The van der Waals surface area contributed by atoms with Crippen LogP contribution in [0, 0.1) is 0 Å². The van der Waals surface area contributed by atoms with Crippen LogP contribution in [-0.4, -0.2) is 19.1 Å². The van der Waals surface area contributed by atoms with Gasteiger partial charge in [0, 0.05) is 25.9 Å². The van der Waals surface area contributed by atoms with Gasteiger partial charge in [-0.15, -0.1) is 0 Å². The van der Waals surface area contributed by atoms with Crippen LogP contribution in [0.4, 0.5) is 5.82 Å². The van der Waals surface area contributed by atoms with Crippen molar-refractivity contribution in [1.29, 1.82) is 0 Å². The molecular weight excluding hydrogens is 172 g/mol. The number of aromatic nitrogens is 1. The molecule has 0 saturated carbocycles. The molecule has 0 spiro atoms. The summed E-state index contributed by atoms with van der Waals surface area (Å²) >= 11 is 5.94. The van der Waals surface area contributed by atoms with Crippen LogP contribution < -0.4 is 4.90 Å². The maximum absolute atomic E-state index is 5.94. The predicted octanol–water partition coefficient (Wildman–Crippen LogP) is 2.44. The van der Waals surface area contributed by atoms with E-state index in [1.807, 2.05) is 19.0 Å². The number of nitrogens with zero attached hydrogens (tertiary/aromatic N) is 2. The summed E-state index contributed by atoms with van der Waals surface area (Å²) in [6, 6.07) is 1.76. The Morgan fingerprint density at radius 1 is 1.58 bits per heavy atom. The first-order valence-electron chi connectivity index (χ1n) is 3.61. The third-order valence-corrected chi connectivity index (χ3v) is 1.87. The van der Waals surface area contributed by atoms with Crippen LogP contribution in [-0.2, 0) is 0 Å². The van der Waals surface area contributed by atoms with E-state index >= 15 is 0 Å². The van der Waals surface area contributed by atoms with E-state index in [4.69, 9.17) is 11.6 Å². The van der Waals surface area contributed by atoms with Crippen molar-refractivity contribution in [2.75, 3.05) is 19.0 Å². The first-order valence-corrected chi connectivity index (χ1v) is 3.99. The molecule has 0 N–H and O–H groups in total. The number of pyridine rings is 1. The topological polar surface area (TPSA) is 16.1 Å². The summed E-state index contributed by atoms with van der Waals surface area (Å²) in [6.45, 7) is 3.68. The van der Waals surface area contributed by atoms with Crippen molar-refractivity contribution >= 4 is 23.5 Å². The summed E-state index contributed by atoms with van der Waals surface area (Å²) in [5.74, 6) is 0.845. The molecule has 0 atom stereocenters. The molecule has 64 valence electrons. The van der Waals surface area contributed by atoms with Crippen LogP contribution >= 0.6 is 11.6 Å². The zero-order chi connectivity index (χ0) is 9.14. The first-order chi connectivity index (χ1) is 5.66. The second kappa shape index (κ2) is 3.59. The van der Waals surface area contributed by atoms with Crippen LogP contribution in [0.3, 0.4) is 0 Å². The van der Waals surface area contributed by atoms with Crippen molar-refractivity contribution in [2.24, 2.45) is 0 Å². The van der Waals surface area contributed by atoms with Crippen molar-refractivity contribution < 1.29 is 0 Å². The van der Waals surface area contributed by atoms with Gasteiger partial charge in [-0.05, 0) is 6.07 Å². The number of anilines is 1. The molecule has 1 heterocycles. The first kappa shape index (κ1) is 9.07. The van der Waals surface area contributed by atoms with E-state index in [0.717, 1.165) is 11.4 Å². The fourth-order valence-corrected chi connectivity index (χ4v) is 1.20. The lowest BCUT2D eigenvalue weighted by Crippen LogP contribution is -2.12. The number of halogens is 1. The van der Waals surface area contributed by atoms with Crippen LogP contribution in [0.15, 0.2) is 18.8 Å². The molecular formula is C9H11ClN2. The number of hydrogen-bond acceptors (Lipinski definition) is 2. The van der Waals surface area contributed by atoms with Crippen LogP contribution in [0.1, 0.15) is 5.56 Å². The number of rotatable bonds is 2. The fraction of sp³-hybridized carbons (Fsp3) is 0.222. The molecule has 1 aromatic rings. The van der Waals surface area contributed by atoms with Crippen LogP contribution in [0.2, 0.25) is 5.02 Å². The highest BCUT2D eigenvalue weighted by molar-refractivity contribution is 6.32. The minimum Gasteiger partial charge on any atom is -0.362 e. The standard InChI is InChI=1S/C9H11ClN2/c1-4-7-8(10)5-6-11-9(7)12(2)3/h4-6H,1H2,2-3H3. The van der Waals surface area contributed by atoms with Crippen LogP contribution in [0.25, 0.3) is 6.08 Å². The van der Waals surface area contributed by atoms with Crippen molar-refractivity contribution in [2.45, 2.75) is 0 Å². The van der Waals surface area contributed by atoms with Gasteiger partial charge in [0.15, 0.2) is 0 Å². The smallest absolute Gasteiger partial charge is 0.136 e. The van der Waals surface area contributed by atoms with Gasteiger partial charge in [0.1, 0.15) is 5.82 Å². The van der Waals surface area contributed by atoms with Crippen molar-refractivity contribution in [3.8, 4) is 0 Å². The van der Waals surface area contributed by atoms with E-state index < -0.39 is 0 Å². The Bertz CT molecular complexity index is 295. The van der Waals surface area contributed by atoms with Crippen LogP contribution in [0.5, 0.6) is 0 Å². The summed E-state index contributed by atoms with van der Waals surface area (Å²) in [7, 11) is 3.84. The van der Waals surface area contributed by atoms with Gasteiger partial charge in [-0.3, -0.25) is 0 Å². The van der Waals surface area contributed by atoms with E-state index in [9.17, 15) is 0 Å². The Morgan fingerprint density at radius 3 is 2.67 bits per heavy atom. The van der Waals surface area contributed by atoms with Gasteiger partial charge in [-0.1, -0.05) is 24.3 Å². The van der Waals surface area contributed by atoms with Crippen molar-refractivity contribution in [3.05, 3.63) is 29.4 Å². The second-order valence-corrected chi connectivity index (χ2v) is 3.04. The minimum absolute atomic E-state index is 0.684. The molecule has 0 aliphatic carbocycles. The molecule has 1 aromatic heterocycles. The Morgan fingerprint density at radius 2 is 2.25 bits per heavy atom. The van der Waals surface area contributed by atoms with E-state index in [0.29, 0.717) is 5.02 Å². The summed E-state index contributed by atoms with van der Waals surface area (Å²) in [6.07, 6.45) is 3.40. The summed E-state index contributed by atoms with van der Waals surface area (Å²) in [5.41, 5.74) is 0.879. The molecule has 0 radical (unpaired) electrons. The lowest BCUT2D eigenvalue weighted by molar-refractivity contribution is 1.06. The third-order valence-electron chi connectivity index (χ3n) is 1.54. The van der Waals surface area contributed by atoms with Gasteiger partial charge in [0.2, 0.25) is 0 Å². The average molecular weight is 183 g/mol. The Labute approximate surface area is 77.5 Å². The molecule has 0 amide bonds. The van der Waals surface area contributed by atoms with Gasteiger partial charge < -0.3 is 4.90 Å². The van der Waals surface area contributed by atoms with Gasteiger partial charge in [-0.2, -0.15) is 0 Å². The third kappa shape index (κ3) is 1.59. The Balaban J connectivity index is 3.27. The molecule has 0 aliphatic heterocycles. The summed E-state index contributed by atoms with van der Waals surface area (Å²) in [5, 5.41) is 0.684. The highest BCUT2D eigenvalue weighted by atomic mass is 35.5. The maximum atomic E-state index is 5.94. The van der Waals surface area contributed by atoms with E-state index in [2.05, 4.69) is 11.6 Å². The highest BCUT2D eigenvalue weighted by Gasteiger charge is 2.05. The predicted molar refractivity (Wildman–Crippen MR) is 53.7 cm³/mol. The Hall–Kier alpha value is -1.02. The van der Waals surface area contributed by atoms with E-state index in [1.165, 1.54) is 0 Å². The van der Waals surface area contributed by atoms with E-state index in [-0.39, 0.29) is 0 Å². The molecule has 0 unspecified atom stereocenters. The normalized spacial score (nSPS) is 9.58. The molecule has 0 aromatic carbocycles. The highest BCUT2D eigenvalue weighted by Crippen LogP contribution is 2.24. The molecule has 2 nitrogen and oxygen atoms in total. The fourth-order valence-electron chi connectivity index (χ4n) is 0.985. The van der Waals surface area contributed by atoms with Crippen molar-refractivity contribution in [3.63, 3.8) is 0 Å². The summed E-state index contributed by atoms with van der Waals surface area (Å²) in [4.78, 5) is 6.09. The monoisotopic (exact) mass is 182 g/mol. The molecule has 0 aliphatic rings. The zero-order valence-electron chi connectivity index (χ0n) is 7.21. The van der Waals surface area contributed by atoms with E-state index in [1.54, 1.807) is 18.3 Å². The molecule has 3 heteroatoms. The maximum Gasteiger partial charge on any atom is 0.136 e. The zero-order valence-corrected chi connectivity index (χ0v) is 7.97. The van der Waals surface area contributed by atoms with Gasteiger partial charge in [0.05, 0.1) is 5.02 Å². The average Bonchev–Trinajstić information content (AvgIpc) is 2.03. The quantitative estimate of drug-likeness (QED) is 0.699. The molecule has 1 rings (SSSR count). The minimum atomic E-state index is 0.684. The van der Waals surface area contributed by atoms with Crippen molar-refractivity contribution in [1.82, 2.24) is 4.98 Å². The largest absolute Gasteiger partial charge is 0.362 e. The second-order valence-electron chi connectivity index (χ2n) is 2.63. The SMILES string of the molecule is C=Cc1c(Cl)ccnc1N(C)C. The molecule has 0 bridgehead atoms. The number of hydrogen-bond donors (Lipinski definition) is 0.